The molecule has 0 atom stereocenters. The van der Waals surface area contributed by atoms with Gasteiger partial charge in [-0.15, -0.1) is 5.10 Å². The molecular weight excluding hydrogens is 426 g/mol. The van der Waals surface area contributed by atoms with Crippen LogP contribution in [-0.4, -0.2) is 32.3 Å². The van der Waals surface area contributed by atoms with Crippen LogP contribution in [0.3, 0.4) is 0 Å². The van der Waals surface area contributed by atoms with Crippen molar-refractivity contribution in [3.05, 3.63) is 64.3 Å². The van der Waals surface area contributed by atoms with Gasteiger partial charge < -0.3 is 10.1 Å². The number of rotatable bonds is 5. The lowest BCUT2D eigenvalue weighted by Crippen LogP contribution is -2.22. The van der Waals surface area contributed by atoms with Gasteiger partial charge in [0.05, 0.1) is 5.69 Å². The van der Waals surface area contributed by atoms with Gasteiger partial charge in [-0.05, 0) is 55.2 Å². The Hall–Kier alpha value is -3.32. The Morgan fingerprint density at radius 1 is 1.16 bits per heavy atom. The molecule has 0 aliphatic carbocycles. The molecule has 4 aromatic rings. The number of hydrogen-bond donors (Lipinski definition) is 2. The van der Waals surface area contributed by atoms with E-state index in [0.29, 0.717) is 22.2 Å². The average Bonchev–Trinajstić information content (AvgIpc) is 3.26. The van der Waals surface area contributed by atoms with Crippen LogP contribution in [0.15, 0.2) is 42.5 Å². The Morgan fingerprint density at radius 3 is 2.53 bits per heavy atom. The van der Waals surface area contributed by atoms with Gasteiger partial charge in [-0.2, -0.15) is 4.63 Å². The van der Waals surface area contributed by atoms with Crippen molar-refractivity contribution < 1.29 is 9.53 Å². The number of carbonyl (C=O) groups excluding carboxylic acids is 1. The van der Waals surface area contributed by atoms with Crippen molar-refractivity contribution in [2.75, 3.05) is 11.9 Å². The summed E-state index contributed by atoms with van der Waals surface area (Å²) >= 11 is 6.23. The third-order valence-corrected chi connectivity index (χ3v) is 5.59. The minimum atomic E-state index is -0.228. The SMILES string of the molecule is Cc1ccc(OCC(=O)Nc2ccc(-c3nc4c(Cl)c(C)[nH]n4n3)cc2)c(C(C)(C)C)c1. The summed E-state index contributed by atoms with van der Waals surface area (Å²) in [5.41, 5.74) is 5.04. The highest BCUT2D eigenvalue weighted by atomic mass is 35.5. The van der Waals surface area contributed by atoms with Gasteiger partial charge in [-0.25, -0.2) is 4.98 Å². The number of aromatic amines is 1. The summed E-state index contributed by atoms with van der Waals surface area (Å²) in [5, 5.41) is 10.9. The molecule has 166 valence electrons. The Bertz CT molecular complexity index is 1280. The molecule has 2 aromatic carbocycles. The van der Waals surface area contributed by atoms with Gasteiger partial charge in [0.2, 0.25) is 0 Å². The molecule has 0 radical (unpaired) electrons. The number of nitrogens with zero attached hydrogens (tertiary/aromatic N) is 3. The minimum absolute atomic E-state index is 0.0704. The first-order valence-electron chi connectivity index (χ1n) is 10.4. The fraction of sp³-hybridized carbons (Fsp3) is 0.292. The van der Waals surface area contributed by atoms with E-state index in [-0.39, 0.29) is 17.9 Å². The predicted octanol–water partition coefficient (Wildman–Crippen LogP) is 5.31. The van der Waals surface area contributed by atoms with E-state index >= 15 is 0 Å². The molecular formula is C24H26ClN5O2. The van der Waals surface area contributed by atoms with Crippen LogP contribution in [0.25, 0.3) is 17.0 Å². The number of aryl methyl sites for hydroxylation is 2. The maximum absolute atomic E-state index is 12.4. The van der Waals surface area contributed by atoms with Gasteiger partial charge in [0.25, 0.3) is 5.91 Å². The van der Waals surface area contributed by atoms with Crippen molar-refractivity contribution >= 4 is 28.8 Å². The third kappa shape index (κ3) is 4.48. The molecule has 2 N–H and O–H groups in total. The molecule has 7 nitrogen and oxygen atoms in total. The lowest BCUT2D eigenvalue weighted by Gasteiger charge is -2.23. The van der Waals surface area contributed by atoms with E-state index in [1.807, 2.05) is 50.2 Å². The first kappa shape index (κ1) is 21.9. The van der Waals surface area contributed by atoms with Gasteiger partial charge in [0, 0.05) is 11.3 Å². The van der Waals surface area contributed by atoms with Gasteiger partial charge >= 0.3 is 0 Å². The van der Waals surface area contributed by atoms with Gasteiger partial charge in [0.15, 0.2) is 18.1 Å². The number of nitrogens with one attached hydrogen (secondary N) is 2. The van der Waals surface area contributed by atoms with E-state index in [0.717, 1.165) is 28.1 Å². The zero-order valence-corrected chi connectivity index (χ0v) is 19.5. The van der Waals surface area contributed by atoms with Crippen LogP contribution in [0.1, 0.15) is 37.6 Å². The molecule has 2 aromatic heterocycles. The Balaban J connectivity index is 1.41. The highest BCUT2D eigenvalue weighted by Gasteiger charge is 2.20. The van der Waals surface area contributed by atoms with Crippen molar-refractivity contribution in [2.24, 2.45) is 0 Å². The van der Waals surface area contributed by atoms with Gasteiger partial charge in [-0.1, -0.05) is 50.1 Å². The van der Waals surface area contributed by atoms with Crippen LogP contribution in [0.5, 0.6) is 5.75 Å². The van der Waals surface area contributed by atoms with Crippen LogP contribution < -0.4 is 10.1 Å². The Kier molecular flexibility index (Phi) is 5.69. The zero-order valence-electron chi connectivity index (χ0n) is 18.8. The third-order valence-electron chi connectivity index (χ3n) is 5.14. The monoisotopic (exact) mass is 451 g/mol. The average molecular weight is 452 g/mol. The van der Waals surface area contributed by atoms with Crippen LogP contribution in [0.4, 0.5) is 5.69 Å². The number of carbonyl (C=O) groups is 1. The maximum atomic E-state index is 12.4. The Labute approximate surface area is 191 Å². The van der Waals surface area contributed by atoms with Crippen LogP contribution in [0, 0.1) is 13.8 Å². The van der Waals surface area contributed by atoms with E-state index in [4.69, 9.17) is 16.3 Å². The molecule has 0 aliphatic heterocycles. The summed E-state index contributed by atoms with van der Waals surface area (Å²) in [5.74, 6) is 1.05. The number of hydrogen-bond acceptors (Lipinski definition) is 4. The van der Waals surface area contributed by atoms with E-state index in [1.54, 1.807) is 4.63 Å². The van der Waals surface area contributed by atoms with E-state index < -0.39 is 0 Å². The molecule has 0 fully saturated rings. The standard InChI is InChI=1S/C24H26ClN5O2/c1-14-6-11-19(18(12-14)24(3,4)5)32-13-20(31)26-17-9-7-16(8-10-17)22-27-23-21(25)15(2)28-30(23)29-22/h6-12,28H,13H2,1-5H3,(H,26,31). The molecule has 0 aliphatic rings. The molecule has 0 spiro atoms. The molecule has 32 heavy (non-hydrogen) atoms. The molecule has 0 bridgehead atoms. The lowest BCUT2D eigenvalue weighted by molar-refractivity contribution is -0.118. The molecule has 0 saturated heterocycles. The molecule has 8 heteroatoms. The van der Waals surface area contributed by atoms with Gasteiger partial charge in [-0.3, -0.25) is 9.89 Å². The fourth-order valence-corrected chi connectivity index (χ4v) is 3.59. The Morgan fingerprint density at radius 2 is 1.88 bits per heavy atom. The van der Waals surface area contributed by atoms with Crippen LogP contribution >= 0.6 is 11.6 Å². The highest BCUT2D eigenvalue weighted by molar-refractivity contribution is 6.34. The number of fused-ring (bicyclic) bond motifs is 1. The minimum Gasteiger partial charge on any atom is -0.483 e. The van der Waals surface area contributed by atoms with Crippen molar-refractivity contribution in [2.45, 2.75) is 40.0 Å². The first-order chi connectivity index (χ1) is 15.1. The topological polar surface area (TPSA) is 84.3 Å². The summed E-state index contributed by atoms with van der Waals surface area (Å²) in [7, 11) is 0. The molecule has 0 saturated carbocycles. The van der Waals surface area contributed by atoms with E-state index in [9.17, 15) is 4.79 Å². The van der Waals surface area contributed by atoms with Gasteiger partial charge in [0.1, 0.15) is 10.8 Å². The second kappa shape index (κ2) is 8.31. The highest BCUT2D eigenvalue weighted by Crippen LogP contribution is 2.32. The van der Waals surface area contributed by atoms with Crippen LogP contribution in [-0.2, 0) is 10.2 Å². The number of aromatic nitrogens is 4. The number of H-pyrrole nitrogens is 1. The number of halogens is 1. The number of benzene rings is 2. The zero-order chi connectivity index (χ0) is 23.0. The van der Waals surface area contributed by atoms with Crippen molar-refractivity contribution in [3.8, 4) is 17.1 Å². The number of anilines is 1. The van der Waals surface area contributed by atoms with Crippen molar-refractivity contribution in [1.82, 2.24) is 19.8 Å². The summed E-state index contributed by atoms with van der Waals surface area (Å²) in [6, 6.07) is 13.3. The summed E-state index contributed by atoms with van der Waals surface area (Å²) < 4.78 is 7.39. The number of amides is 1. The molecule has 2 heterocycles. The first-order valence-corrected chi connectivity index (χ1v) is 10.7. The normalized spacial score (nSPS) is 11.7. The smallest absolute Gasteiger partial charge is 0.262 e. The van der Waals surface area contributed by atoms with Crippen LogP contribution in [0.2, 0.25) is 5.02 Å². The largest absolute Gasteiger partial charge is 0.483 e. The second-order valence-electron chi connectivity index (χ2n) is 8.89. The van der Waals surface area contributed by atoms with Crippen molar-refractivity contribution in [3.63, 3.8) is 0 Å². The lowest BCUT2D eigenvalue weighted by atomic mass is 9.85. The predicted molar refractivity (Wildman–Crippen MR) is 127 cm³/mol. The van der Waals surface area contributed by atoms with Crippen molar-refractivity contribution in [1.29, 1.82) is 0 Å². The van der Waals surface area contributed by atoms with E-state index in [1.165, 1.54) is 0 Å². The quantitative estimate of drug-likeness (QED) is 0.430. The summed E-state index contributed by atoms with van der Waals surface area (Å²) in [6.07, 6.45) is 0. The van der Waals surface area contributed by atoms with E-state index in [2.05, 4.69) is 47.3 Å². The molecule has 4 rings (SSSR count). The second-order valence-corrected chi connectivity index (χ2v) is 9.26. The number of ether oxygens (including phenoxy) is 1. The molecule has 0 unspecified atom stereocenters. The maximum Gasteiger partial charge on any atom is 0.262 e. The molecule has 1 amide bonds. The summed E-state index contributed by atoms with van der Waals surface area (Å²) in [4.78, 5) is 16.9. The fourth-order valence-electron chi connectivity index (χ4n) is 3.43. The summed E-state index contributed by atoms with van der Waals surface area (Å²) in [6.45, 7) is 10.2.